The van der Waals surface area contributed by atoms with Crippen molar-refractivity contribution in [3.63, 3.8) is 0 Å². The minimum absolute atomic E-state index is 0.0969. The van der Waals surface area contributed by atoms with Gasteiger partial charge >= 0.3 is 18.3 Å². The summed E-state index contributed by atoms with van der Waals surface area (Å²) in [6, 6.07) is 5.67. The van der Waals surface area contributed by atoms with E-state index in [0.29, 0.717) is 24.5 Å². The second-order valence-electron chi connectivity index (χ2n) is 8.71. The molecule has 0 aliphatic carbocycles. The zero-order chi connectivity index (χ0) is 27.4. The van der Waals surface area contributed by atoms with Crippen molar-refractivity contribution in [2.45, 2.75) is 25.2 Å². The smallest absolute Gasteiger partial charge is 0.491 e. The normalized spacial score (nSPS) is 14.5. The average Bonchev–Trinajstić information content (AvgIpc) is 3.16. The van der Waals surface area contributed by atoms with Crippen molar-refractivity contribution < 1.29 is 41.0 Å². The molecule has 0 amide bonds. The summed E-state index contributed by atoms with van der Waals surface area (Å²) in [6.07, 6.45) is -7.60. The lowest BCUT2D eigenvalue weighted by Crippen LogP contribution is -2.40. The highest BCUT2D eigenvalue weighted by Crippen LogP contribution is 2.43. The van der Waals surface area contributed by atoms with E-state index in [4.69, 9.17) is 0 Å². The van der Waals surface area contributed by atoms with Crippen LogP contribution in [0.3, 0.4) is 0 Å². The monoisotopic (exact) mass is 537 g/mol. The van der Waals surface area contributed by atoms with Crippen LogP contribution in [0.1, 0.15) is 22.9 Å². The molecule has 4 heterocycles. The molecule has 0 spiro atoms. The van der Waals surface area contributed by atoms with Crippen LogP contribution in [-0.4, -0.2) is 49.9 Å². The second-order valence-corrected chi connectivity index (χ2v) is 8.71. The molecular formula is C24H17F6N5O3. The number of nitrogens with zero attached hydrogens (tertiary/aromatic N) is 4. The van der Waals surface area contributed by atoms with E-state index in [1.165, 1.54) is 25.4 Å². The first-order chi connectivity index (χ1) is 17.8. The molecule has 4 aromatic rings. The molecule has 14 heteroatoms. The Hall–Kier alpha value is -4.20. The number of aromatic hydroxyl groups is 1. The highest BCUT2D eigenvalue weighted by molar-refractivity contribution is 5.85. The third kappa shape index (κ3) is 4.74. The van der Waals surface area contributed by atoms with E-state index in [9.17, 15) is 36.2 Å². The quantitative estimate of drug-likeness (QED) is 0.222. The number of ether oxygens (including phenoxy) is 1. The zero-order valence-electron chi connectivity index (χ0n) is 19.4. The van der Waals surface area contributed by atoms with Crippen molar-refractivity contribution in [1.29, 1.82) is 0 Å². The molecule has 8 nitrogen and oxygen atoms in total. The fraction of sp³-hybridized carbons (Fsp3) is 0.250. The predicted molar refractivity (Wildman–Crippen MR) is 120 cm³/mol. The van der Waals surface area contributed by atoms with Gasteiger partial charge in [0.2, 0.25) is 0 Å². The maximum Gasteiger partial charge on any atom is 0.491 e. The van der Waals surface area contributed by atoms with Crippen LogP contribution in [0.2, 0.25) is 0 Å². The highest BCUT2D eigenvalue weighted by atomic mass is 19.4. The van der Waals surface area contributed by atoms with E-state index >= 15 is 0 Å². The molecule has 2 N–H and O–H groups in total. The Kier molecular flexibility index (Phi) is 6.01. The summed E-state index contributed by atoms with van der Waals surface area (Å²) in [5, 5.41) is 21.9. The number of phenolic OH excluding ortho intramolecular Hbond substituents is 1. The number of carbonyl (C=O) groups is 1. The van der Waals surface area contributed by atoms with Crippen molar-refractivity contribution >= 4 is 11.6 Å². The van der Waals surface area contributed by atoms with Gasteiger partial charge in [-0.1, -0.05) is 0 Å². The predicted octanol–water partition coefficient (Wildman–Crippen LogP) is 4.65. The first kappa shape index (κ1) is 25.4. The first-order valence-corrected chi connectivity index (χ1v) is 11.1. The van der Waals surface area contributed by atoms with Gasteiger partial charge in [-0.3, -0.25) is 0 Å². The Labute approximate surface area is 209 Å². The number of halogens is 6. The van der Waals surface area contributed by atoms with Crippen LogP contribution in [0, 0.1) is 6.92 Å². The number of hydrogen-bond donors (Lipinski definition) is 2. The minimum atomic E-state index is -5.38. The largest absolute Gasteiger partial charge is 0.507 e. The lowest BCUT2D eigenvalue weighted by atomic mass is 9.98. The Balaban J connectivity index is 1.66. The zero-order valence-corrected chi connectivity index (χ0v) is 19.4. The highest BCUT2D eigenvalue weighted by Gasteiger charge is 2.42. The SMILES string of the molecule is Cc1cn2cc(-c3cc(O)c(-c4ccc(C5CNC5)nn4)c(OC(=O)C(F)(F)F)c3)cc(C(F)(F)F)c2n1. The third-order valence-electron chi connectivity index (χ3n) is 5.97. The van der Waals surface area contributed by atoms with Crippen LogP contribution in [0.4, 0.5) is 26.3 Å². The molecule has 5 rings (SSSR count). The number of esters is 1. The van der Waals surface area contributed by atoms with Crippen molar-refractivity contribution in [1.82, 2.24) is 24.9 Å². The Bertz CT molecular complexity index is 1540. The van der Waals surface area contributed by atoms with E-state index in [-0.39, 0.29) is 33.9 Å². The van der Waals surface area contributed by atoms with Crippen molar-refractivity contribution in [2.75, 3.05) is 13.1 Å². The number of alkyl halides is 6. The molecule has 1 aromatic carbocycles. The fourth-order valence-corrected chi connectivity index (χ4v) is 4.04. The fourth-order valence-electron chi connectivity index (χ4n) is 4.04. The number of benzene rings is 1. The van der Waals surface area contributed by atoms with E-state index in [1.807, 2.05) is 0 Å². The number of pyridine rings is 1. The number of phenols is 1. The van der Waals surface area contributed by atoms with Crippen LogP contribution in [0.15, 0.2) is 42.7 Å². The Morgan fingerprint density at radius 1 is 1.05 bits per heavy atom. The van der Waals surface area contributed by atoms with Crippen LogP contribution in [0.25, 0.3) is 28.0 Å². The molecule has 0 saturated carbocycles. The molecule has 1 aliphatic heterocycles. The van der Waals surface area contributed by atoms with Gasteiger partial charge in [0, 0.05) is 31.4 Å². The van der Waals surface area contributed by atoms with Crippen molar-refractivity contribution in [2.24, 2.45) is 0 Å². The number of nitrogens with one attached hydrogen (secondary N) is 1. The number of imidazole rings is 1. The lowest BCUT2D eigenvalue weighted by Gasteiger charge is -2.26. The van der Waals surface area contributed by atoms with Gasteiger partial charge in [-0.05, 0) is 48.4 Å². The van der Waals surface area contributed by atoms with Crippen molar-refractivity contribution in [3.05, 3.63) is 59.7 Å². The van der Waals surface area contributed by atoms with Gasteiger partial charge in [-0.2, -0.15) is 31.4 Å². The minimum Gasteiger partial charge on any atom is -0.507 e. The molecule has 1 saturated heterocycles. The molecule has 38 heavy (non-hydrogen) atoms. The number of aromatic nitrogens is 4. The van der Waals surface area contributed by atoms with Gasteiger partial charge in [-0.15, -0.1) is 5.10 Å². The summed E-state index contributed by atoms with van der Waals surface area (Å²) < 4.78 is 86.1. The summed E-state index contributed by atoms with van der Waals surface area (Å²) in [7, 11) is 0. The molecule has 0 radical (unpaired) electrons. The molecule has 0 atom stereocenters. The maximum absolute atomic E-state index is 13.8. The average molecular weight is 537 g/mol. The standard InChI is InChI=1S/C24H17F6N5O3/c1-11-9-35-10-13(4-15(21(35)32-11)23(25,26)27)12-5-18(36)20(19(6-12)38-22(37)24(28,29)30)17-3-2-16(33-34-17)14-7-31-8-14/h2-6,9-10,14,31,36H,7-8H2,1H3. The van der Waals surface area contributed by atoms with E-state index in [1.54, 1.807) is 6.07 Å². The molecule has 1 aliphatic rings. The number of aryl methyl sites for hydroxylation is 1. The number of carbonyl (C=O) groups excluding carboxylic acids is 1. The lowest BCUT2D eigenvalue weighted by molar-refractivity contribution is -0.189. The van der Waals surface area contributed by atoms with Crippen LogP contribution in [0.5, 0.6) is 11.5 Å². The summed E-state index contributed by atoms with van der Waals surface area (Å²) in [4.78, 5) is 15.6. The van der Waals surface area contributed by atoms with Gasteiger partial charge < -0.3 is 19.6 Å². The Morgan fingerprint density at radius 3 is 2.37 bits per heavy atom. The van der Waals surface area contributed by atoms with Gasteiger partial charge in [0.25, 0.3) is 0 Å². The van der Waals surface area contributed by atoms with Gasteiger partial charge in [0.15, 0.2) is 0 Å². The molecule has 3 aromatic heterocycles. The number of hydrogen-bond acceptors (Lipinski definition) is 7. The summed E-state index contributed by atoms with van der Waals surface area (Å²) in [5.41, 5.74) is -1.34. The summed E-state index contributed by atoms with van der Waals surface area (Å²) in [6.45, 7) is 2.84. The Morgan fingerprint density at radius 2 is 1.79 bits per heavy atom. The van der Waals surface area contributed by atoms with Gasteiger partial charge in [-0.25, -0.2) is 9.78 Å². The molecule has 1 fully saturated rings. The van der Waals surface area contributed by atoms with Crippen LogP contribution in [-0.2, 0) is 11.0 Å². The van der Waals surface area contributed by atoms with Gasteiger partial charge in [0.05, 0.1) is 22.5 Å². The van der Waals surface area contributed by atoms with E-state index in [2.05, 4.69) is 25.2 Å². The van der Waals surface area contributed by atoms with Crippen LogP contribution >= 0.6 is 0 Å². The second kappa shape index (κ2) is 8.97. The number of fused-ring (bicyclic) bond motifs is 1. The summed E-state index contributed by atoms with van der Waals surface area (Å²) in [5.74, 6) is -3.93. The molecule has 0 unspecified atom stereocenters. The topological polar surface area (TPSA) is 102 Å². The van der Waals surface area contributed by atoms with Crippen LogP contribution < -0.4 is 10.1 Å². The molecule has 0 bridgehead atoms. The molecule has 198 valence electrons. The first-order valence-electron chi connectivity index (χ1n) is 11.1. The summed E-state index contributed by atoms with van der Waals surface area (Å²) >= 11 is 0. The van der Waals surface area contributed by atoms with E-state index < -0.39 is 35.4 Å². The van der Waals surface area contributed by atoms with Crippen molar-refractivity contribution in [3.8, 4) is 33.9 Å². The molecular weight excluding hydrogens is 520 g/mol. The third-order valence-corrected chi connectivity index (χ3v) is 5.97. The van der Waals surface area contributed by atoms with Gasteiger partial charge in [0.1, 0.15) is 22.8 Å². The number of rotatable bonds is 4. The van der Waals surface area contributed by atoms with E-state index in [0.717, 1.165) is 22.6 Å². The maximum atomic E-state index is 13.8.